The monoisotopic (exact) mass is 315 g/mol. The lowest BCUT2D eigenvalue weighted by Crippen LogP contribution is -1.99. The fraction of sp³-hybridized carbons (Fsp3) is 0.200. The Bertz CT molecular complexity index is 555. The van der Waals surface area contributed by atoms with Crippen LogP contribution in [0, 0.1) is 0 Å². The van der Waals surface area contributed by atoms with Crippen LogP contribution in [-0.2, 0) is 6.54 Å². The molecule has 2 aromatic carbocycles. The fourth-order valence-corrected chi connectivity index (χ4v) is 2.24. The largest absolute Gasteiger partial charge is 0.381 e. The molecule has 0 aromatic heterocycles. The summed E-state index contributed by atoms with van der Waals surface area (Å²) in [6.07, 6.45) is -2.47. The molecule has 0 bridgehead atoms. The van der Waals surface area contributed by atoms with Gasteiger partial charge in [0.15, 0.2) is 0 Å². The Morgan fingerprint density at radius 1 is 0.857 bits per heavy atom. The molecule has 2 rings (SSSR count). The van der Waals surface area contributed by atoms with Crippen molar-refractivity contribution in [3.05, 3.63) is 59.7 Å². The van der Waals surface area contributed by atoms with Gasteiger partial charge in [-0.1, -0.05) is 36.0 Å². The van der Waals surface area contributed by atoms with Gasteiger partial charge in [-0.05, 0) is 29.8 Å². The van der Waals surface area contributed by atoms with Crippen LogP contribution in [0.5, 0.6) is 0 Å². The second-order valence-electron chi connectivity index (χ2n) is 4.30. The van der Waals surface area contributed by atoms with E-state index >= 15 is 0 Å². The summed E-state index contributed by atoms with van der Waals surface area (Å²) in [6, 6.07) is 12.7. The highest BCUT2D eigenvalue weighted by atomic mass is 32.2. The van der Waals surface area contributed by atoms with E-state index in [1.54, 1.807) is 36.4 Å². The van der Waals surface area contributed by atoms with Crippen LogP contribution in [0.15, 0.2) is 53.4 Å². The number of anilines is 1. The van der Waals surface area contributed by atoms with Crippen molar-refractivity contribution in [1.82, 2.24) is 0 Å². The van der Waals surface area contributed by atoms with Crippen LogP contribution in [0.1, 0.15) is 17.6 Å². The SMILES string of the molecule is FC(F)Sc1ccc(NCc2ccc(C(F)F)cc2)cc1. The van der Waals surface area contributed by atoms with Crippen LogP contribution in [0.25, 0.3) is 0 Å². The molecule has 0 aliphatic heterocycles. The number of alkyl halides is 4. The molecule has 0 fully saturated rings. The number of hydrogen-bond donors (Lipinski definition) is 1. The number of halogens is 4. The first kappa shape index (κ1) is 15.7. The molecule has 1 nitrogen and oxygen atoms in total. The first-order valence-corrected chi connectivity index (χ1v) is 7.08. The summed E-state index contributed by atoms with van der Waals surface area (Å²) in [4.78, 5) is 0.497. The fourth-order valence-electron chi connectivity index (χ4n) is 1.74. The molecule has 0 atom stereocenters. The molecule has 112 valence electrons. The summed E-state index contributed by atoms with van der Waals surface area (Å²) in [5.74, 6) is -2.43. The molecule has 6 heteroatoms. The van der Waals surface area contributed by atoms with Crippen LogP contribution in [-0.4, -0.2) is 5.76 Å². The van der Waals surface area contributed by atoms with E-state index < -0.39 is 12.2 Å². The van der Waals surface area contributed by atoms with Crippen LogP contribution >= 0.6 is 11.8 Å². The quantitative estimate of drug-likeness (QED) is 0.554. The van der Waals surface area contributed by atoms with Crippen molar-refractivity contribution < 1.29 is 17.6 Å². The zero-order valence-electron chi connectivity index (χ0n) is 10.9. The van der Waals surface area contributed by atoms with Crippen LogP contribution in [0.3, 0.4) is 0 Å². The average molecular weight is 315 g/mol. The Morgan fingerprint density at radius 3 is 2.00 bits per heavy atom. The standard InChI is InChI=1S/C15H13F4NS/c16-14(17)11-3-1-10(2-4-11)9-20-12-5-7-13(8-6-12)21-15(18)19/h1-8,14-15,20H,9H2. The first-order chi connectivity index (χ1) is 10.0. The number of hydrogen-bond acceptors (Lipinski definition) is 2. The highest BCUT2D eigenvalue weighted by Gasteiger charge is 2.06. The minimum Gasteiger partial charge on any atom is -0.381 e. The van der Waals surface area contributed by atoms with Crippen molar-refractivity contribution in [2.24, 2.45) is 0 Å². The zero-order chi connectivity index (χ0) is 15.2. The Labute approximate surface area is 124 Å². The summed E-state index contributed by atoms with van der Waals surface area (Å²) >= 11 is 0.494. The molecule has 2 aromatic rings. The van der Waals surface area contributed by atoms with E-state index in [4.69, 9.17) is 0 Å². The van der Waals surface area contributed by atoms with Gasteiger partial charge in [-0.15, -0.1) is 0 Å². The van der Waals surface area contributed by atoms with Crippen LogP contribution in [0.2, 0.25) is 0 Å². The normalized spacial score (nSPS) is 11.1. The third-order valence-corrected chi connectivity index (χ3v) is 3.53. The number of benzene rings is 2. The summed E-state index contributed by atoms with van der Waals surface area (Å²) in [5.41, 5.74) is 1.64. The third-order valence-electron chi connectivity index (χ3n) is 2.81. The lowest BCUT2D eigenvalue weighted by Gasteiger charge is -2.08. The van der Waals surface area contributed by atoms with Crippen LogP contribution in [0.4, 0.5) is 23.2 Å². The molecule has 21 heavy (non-hydrogen) atoms. The highest BCUT2D eigenvalue weighted by Crippen LogP contribution is 2.26. The maximum atomic E-state index is 12.4. The van der Waals surface area contributed by atoms with E-state index in [0.29, 0.717) is 23.2 Å². The molecule has 0 saturated heterocycles. The Morgan fingerprint density at radius 2 is 1.48 bits per heavy atom. The van der Waals surface area contributed by atoms with Gasteiger partial charge in [0.05, 0.1) is 0 Å². The van der Waals surface area contributed by atoms with Gasteiger partial charge < -0.3 is 5.32 Å². The lowest BCUT2D eigenvalue weighted by molar-refractivity contribution is 0.151. The van der Waals surface area contributed by atoms with Gasteiger partial charge in [0.1, 0.15) is 0 Å². The van der Waals surface area contributed by atoms with Crippen molar-refractivity contribution in [1.29, 1.82) is 0 Å². The second kappa shape index (κ2) is 7.36. The van der Waals surface area contributed by atoms with Crippen molar-refractivity contribution in [3.63, 3.8) is 0 Å². The predicted molar refractivity (Wildman–Crippen MR) is 77.0 cm³/mol. The molecular weight excluding hydrogens is 302 g/mol. The first-order valence-electron chi connectivity index (χ1n) is 6.20. The molecule has 0 radical (unpaired) electrons. The van der Waals surface area contributed by atoms with E-state index in [1.807, 2.05) is 0 Å². The highest BCUT2D eigenvalue weighted by molar-refractivity contribution is 7.99. The van der Waals surface area contributed by atoms with Gasteiger partial charge in [-0.25, -0.2) is 8.78 Å². The molecule has 0 aliphatic carbocycles. The van der Waals surface area contributed by atoms with Gasteiger partial charge in [-0.3, -0.25) is 0 Å². The third kappa shape index (κ3) is 4.97. The van der Waals surface area contributed by atoms with Gasteiger partial charge in [-0.2, -0.15) is 8.78 Å². The Kier molecular flexibility index (Phi) is 5.50. The van der Waals surface area contributed by atoms with Gasteiger partial charge >= 0.3 is 0 Å². The summed E-state index contributed by atoms with van der Waals surface area (Å²) in [5, 5.41) is 3.11. The molecular formula is C15H13F4NS. The number of nitrogens with one attached hydrogen (secondary N) is 1. The number of rotatable bonds is 6. The summed E-state index contributed by atoms with van der Waals surface area (Å²) < 4.78 is 49.2. The molecule has 1 N–H and O–H groups in total. The van der Waals surface area contributed by atoms with Crippen molar-refractivity contribution >= 4 is 17.4 Å². The molecule has 0 unspecified atom stereocenters. The zero-order valence-corrected chi connectivity index (χ0v) is 11.7. The maximum Gasteiger partial charge on any atom is 0.288 e. The minimum absolute atomic E-state index is 0.00729. The molecule has 0 aliphatic rings. The van der Waals surface area contributed by atoms with E-state index in [9.17, 15) is 17.6 Å². The van der Waals surface area contributed by atoms with E-state index in [2.05, 4.69) is 5.32 Å². The van der Waals surface area contributed by atoms with Gasteiger partial charge in [0, 0.05) is 22.7 Å². The van der Waals surface area contributed by atoms with E-state index in [-0.39, 0.29) is 5.56 Å². The topological polar surface area (TPSA) is 12.0 Å². The summed E-state index contributed by atoms with van der Waals surface area (Å²) in [7, 11) is 0. The molecule has 0 heterocycles. The number of thioether (sulfide) groups is 1. The summed E-state index contributed by atoms with van der Waals surface area (Å²) in [6.45, 7) is 0.477. The van der Waals surface area contributed by atoms with Crippen LogP contribution < -0.4 is 5.32 Å². The van der Waals surface area contributed by atoms with Gasteiger partial charge in [0.2, 0.25) is 0 Å². The smallest absolute Gasteiger partial charge is 0.288 e. The van der Waals surface area contributed by atoms with Gasteiger partial charge in [0.25, 0.3) is 12.2 Å². The van der Waals surface area contributed by atoms with Crippen molar-refractivity contribution in [2.45, 2.75) is 23.6 Å². The second-order valence-corrected chi connectivity index (χ2v) is 5.36. The lowest BCUT2D eigenvalue weighted by atomic mass is 10.1. The molecule has 0 saturated carbocycles. The van der Waals surface area contributed by atoms with E-state index in [0.717, 1.165) is 11.3 Å². The average Bonchev–Trinajstić information content (AvgIpc) is 2.46. The minimum atomic E-state index is -2.47. The molecule has 0 spiro atoms. The Hall–Kier alpha value is -1.69. The predicted octanol–water partition coefficient (Wildman–Crippen LogP) is 5.55. The van der Waals surface area contributed by atoms with Crippen molar-refractivity contribution in [2.75, 3.05) is 5.32 Å². The van der Waals surface area contributed by atoms with E-state index in [1.165, 1.54) is 12.1 Å². The van der Waals surface area contributed by atoms with Crippen molar-refractivity contribution in [3.8, 4) is 0 Å². The maximum absolute atomic E-state index is 12.4. The Balaban J connectivity index is 1.90. The molecule has 0 amide bonds.